The van der Waals surface area contributed by atoms with E-state index in [0.29, 0.717) is 12.2 Å². The molecule has 2 aromatic carbocycles. The van der Waals surface area contributed by atoms with Crippen LogP contribution in [0, 0.1) is 0 Å². The largest absolute Gasteiger partial charge is 0.497 e. The van der Waals surface area contributed by atoms with Gasteiger partial charge in [0.05, 0.1) is 19.4 Å². The number of aliphatic hydroxyl groups excluding tert-OH is 1. The van der Waals surface area contributed by atoms with Gasteiger partial charge in [-0.05, 0) is 71.2 Å². The molecule has 0 fully saturated rings. The number of rotatable bonds is 6. The van der Waals surface area contributed by atoms with Crippen LogP contribution in [0.2, 0.25) is 0 Å². The first kappa shape index (κ1) is 19.9. The molecule has 4 rings (SSSR count). The van der Waals surface area contributed by atoms with Gasteiger partial charge in [-0.15, -0.1) is 0 Å². The highest BCUT2D eigenvalue weighted by Crippen LogP contribution is 2.42. The summed E-state index contributed by atoms with van der Waals surface area (Å²) >= 11 is 0. The van der Waals surface area contributed by atoms with E-state index >= 15 is 0 Å². The molecule has 1 aliphatic heterocycles. The van der Waals surface area contributed by atoms with Crippen molar-refractivity contribution in [2.45, 2.75) is 12.8 Å². The number of hydrogen-bond donors (Lipinski definition) is 1. The number of ether oxygens (including phenoxy) is 1. The second-order valence-electron chi connectivity index (χ2n) is 7.35. The highest BCUT2D eigenvalue weighted by molar-refractivity contribution is 6.02. The van der Waals surface area contributed by atoms with Crippen molar-refractivity contribution in [2.75, 3.05) is 20.3 Å². The van der Waals surface area contributed by atoms with Gasteiger partial charge in [0.25, 0.3) is 0 Å². The van der Waals surface area contributed by atoms with E-state index in [4.69, 9.17) is 4.74 Å². The molecular weight excluding hydrogens is 372 g/mol. The van der Waals surface area contributed by atoms with Gasteiger partial charge in [-0.3, -0.25) is 4.99 Å². The molecule has 0 atom stereocenters. The molecule has 2 aromatic rings. The van der Waals surface area contributed by atoms with Crippen molar-refractivity contribution in [3.63, 3.8) is 0 Å². The Bertz CT molecular complexity index is 1060. The van der Waals surface area contributed by atoms with Crippen LogP contribution < -0.4 is 4.74 Å². The summed E-state index contributed by atoms with van der Waals surface area (Å²) in [5.41, 5.74) is 8.27. The summed E-state index contributed by atoms with van der Waals surface area (Å²) in [5, 5.41) is 9.34. The maximum absolute atomic E-state index is 9.34. The fourth-order valence-corrected chi connectivity index (χ4v) is 4.07. The minimum Gasteiger partial charge on any atom is -0.497 e. The van der Waals surface area contributed by atoms with Crippen molar-refractivity contribution in [3.8, 4) is 5.75 Å². The fourth-order valence-electron chi connectivity index (χ4n) is 4.07. The van der Waals surface area contributed by atoms with E-state index in [1.807, 2.05) is 23.4 Å². The van der Waals surface area contributed by atoms with Gasteiger partial charge in [0.2, 0.25) is 0 Å². The maximum Gasteiger partial charge on any atom is 0.119 e. The molecule has 152 valence electrons. The van der Waals surface area contributed by atoms with E-state index in [1.54, 1.807) is 7.11 Å². The average Bonchev–Trinajstić information content (AvgIpc) is 2.82. The lowest BCUT2D eigenvalue weighted by molar-refractivity contribution is 0.327. The predicted octanol–water partition coefficient (Wildman–Crippen LogP) is 4.84. The molecule has 30 heavy (non-hydrogen) atoms. The number of aliphatic imine (C=N–C) groups is 1. The van der Waals surface area contributed by atoms with Crippen molar-refractivity contribution >= 4 is 17.9 Å². The lowest BCUT2D eigenvalue weighted by Crippen LogP contribution is -2.16. The van der Waals surface area contributed by atoms with Gasteiger partial charge < -0.3 is 14.7 Å². The summed E-state index contributed by atoms with van der Waals surface area (Å²) in [6.45, 7) is 4.09. The highest BCUT2D eigenvalue weighted by atomic mass is 16.5. The summed E-state index contributed by atoms with van der Waals surface area (Å²) in [6.07, 6.45) is 10.2. The molecule has 0 spiro atoms. The van der Waals surface area contributed by atoms with Crippen molar-refractivity contribution in [2.24, 2.45) is 4.99 Å². The zero-order chi connectivity index (χ0) is 20.9. The summed E-state index contributed by atoms with van der Waals surface area (Å²) in [7, 11) is 1.71. The second kappa shape index (κ2) is 8.97. The van der Waals surface area contributed by atoms with E-state index < -0.39 is 0 Å². The van der Waals surface area contributed by atoms with Crippen LogP contribution in [0.3, 0.4) is 0 Å². The zero-order valence-electron chi connectivity index (χ0n) is 17.2. The number of fused-ring (bicyclic) bond motifs is 1. The van der Waals surface area contributed by atoms with E-state index in [9.17, 15) is 5.11 Å². The van der Waals surface area contributed by atoms with Crippen LogP contribution in [0.15, 0.2) is 89.3 Å². The number of aryl methyl sites for hydroxylation is 1. The summed E-state index contributed by atoms with van der Waals surface area (Å²) in [5.74, 6) is 0.897. The van der Waals surface area contributed by atoms with E-state index in [1.165, 1.54) is 33.4 Å². The van der Waals surface area contributed by atoms with Gasteiger partial charge in [0.1, 0.15) is 5.75 Å². The van der Waals surface area contributed by atoms with Crippen molar-refractivity contribution in [3.05, 3.63) is 101 Å². The predicted molar refractivity (Wildman–Crippen MR) is 123 cm³/mol. The Labute approximate surface area is 177 Å². The Morgan fingerprint density at radius 1 is 1.20 bits per heavy atom. The first-order chi connectivity index (χ1) is 14.7. The molecule has 0 bridgehead atoms. The molecule has 1 N–H and O–H groups in total. The summed E-state index contributed by atoms with van der Waals surface area (Å²) in [4.78, 5) is 5.86. The molecular formula is C26H26N2O2. The Kier molecular flexibility index (Phi) is 5.96. The first-order valence-corrected chi connectivity index (χ1v) is 10.1. The molecule has 0 saturated heterocycles. The second-order valence-corrected chi connectivity index (χ2v) is 7.35. The Balaban J connectivity index is 1.77. The number of hydrogen-bond acceptors (Lipinski definition) is 4. The third-order valence-electron chi connectivity index (χ3n) is 5.59. The van der Waals surface area contributed by atoms with Gasteiger partial charge in [-0.25, -0.2) is 0 Å². The van der Waals surface area contributed by atoms with Crippen LogP contribution in [-0.4, -0.2) is 37.0 Å². The van der Waals surface area contributed by atoms with E-state index in [2.05, 4.69) is 66.3 Å². The standard InChI is InChI=1S/C26H26N2O2/c1-27-22(18-29)17-28-14-12-20(13-15-28)26-24(19-6-4-3-5-7-19)10-8-21-16-23(30-2)9-11-25(21)26/h3-7,9,11-14,16-17,29H,1,8,10,15,18H2,2H3/b22-17-. The minimum atomic E-state index is -0.122. The maximum atomic E-state index is 9.34. The lowest BCUT2D eigenvalue weighted by Gasteiger charge is -2.28. The van der Waals surface area contributed by atoms with Crippen LogP contribution in [0.5, 0.6) is 5.75 Å². The molecule has 1 aliphatic carbocycles. The molecule has 0 saturated carbocycles. The molecule has 0 amide bonds. The number of aliphatic hydroxyl groups is 1. The smallest absolute Gasteiger partial charge is 0.119 e. The van der Waals surface area contributed by atoms with E-state index in [0.717, 1.165) is 18.6 Å². The normalized spacial score (nSPS) is 16.3. The van der Waals surface area contributed by atoms with Gasteiger partial charge in [0, 0.05) is 18.9 Å². The van der Waals surface area contributed by atoms with Crippen LogP contribution in [0.4, 0.5) is 0 Å². The SMILES string of the molecule is C=N/C(=C\N1C=CC(C2=C(c3ccccc3)CCc3cc(OC)ccc32)=CC1)CO. The minimum absolute atomic E-state index is 0.122. The number of benzene rings is 2. The summed E-state index contributed by atoms with van der Waals surface area (Å²) < 4.78 is 5.45. The van der Waals surface area contributed by atoms with E-state index in [-0.39, 0.29) is 6.61 Å². The quantitative estimate of drug-likeness (QED) is 0.708. The summed E-state index contributed by atoms with van der Waals surface area (Å²) in [6, 6.07) is 17.0. The van der Waals surface area contributed by atoms with Crippen LogP contribution >= 0.6 is 0 Å². The van der Waals surface area contributed by atoms with Gasteiger partial charge >= 0.3 is 0 Å². The third-order valence-corrected chi connectivity index (χ3v) is 5.59. The Morgan fingerprint density at radius 3 is 2.70 bits per heavy atom. The van der Waals surface area contributed by atoms with Crippen LogP contribution in [0.1, 0.15) is 23.1 Å². The fraction of sp³-hybridized carbons (Fsp3) is 0.192. The first-order valence-electron chi connectivity index (χ1n) is 10.1. The van der Waals surface area contributed by atoms with Gasteiger partial charge in [-0.2, -0.15) is 0 Å². The van der Waals surface area contributed by atoms with Crippen molar-refractivity contribution in [1.29, 1.82) is 0 Å². The zero-order valence-corrected chi connectivity index (χ0v) is 17.2. The molecule has 0 radical (unpaired) electrons. The Hall–Kier alpha value is -3.37. The number of methoxy groups -OCH3 is 1. The number of nitrogens with zero attached hydrogens (tertiary/aromatic N) is 2. The molecule has 2 aliphatic rings. The van der Waals surface area contributed by atoms with Crippen LogP contribution in [0.25, 0.3) is 11.1 Å². The topological polar surface area (TPSA) is 45.1 Å². The third kappa shape index (κ3) is 4.00. The van der Waals surface area contributed by atoms with Gasteiger partial charge in [0.15, 0.2) is 0 Å². The molecule has 4 nitrogen and oxygen atoms in total. The highest BCUT2D eigenvalue weighted by Gasteiger charge is 2.23. The lowest BCUT2D eigenvalue weighted by atomic mass is 9.79. The molecule has 1 heterocycles. The Morgan fingerprint density at radius 2 is 2.03 bits per heavy atom. The van der Waals surface area contributed by atoms with Crippen LogP contribution in [-0.2, 0) is 6.42 Å². The monoisotopic (exact) mass is 398 g/mol. The molecule has 0 unspecified atom stereocenters. The van der Waals surface area contributed by atoms with Crippen molar-refractivity contribution in [1.82, 2.24) is 4.90 Å². The average molecular weight is 399 g/mol. The van der Waals surface area contributed by atoms with Gasteiger partial charge in [-0.1, -0.05) is 42.5 Å². The number of allylic oxidation sites excluding steroid dienone is 4. The molecule has 4 heteroatoms. The molecule has 0 aromatic heterocycles. The van der Waals surface area contributed by atoms with Crippen molar-refractivity contribution < 1.29 is 9.84 Å².